The molecule has 0 atom stereocenters. The van der Waals surface area contributed by atoms with E-state index in [1.165, 1.54) is 0 Å². The summed E-state index contributed by atoms with van der Waals surface area (Å²) in [4.78, 5) is 11.9. The molecule has 0 bridgehead atoms. The van der Waals surface area contributed by atoms with Gasteiger partial charge in [-0.2, -0.15) is 5.10 Å². The largest absolute Gasteiger partial charge is 0.461 e. The zero-order valence-electron chi connectivity index (χ0n) is 11.1. The monoisotopic (exact) mass is 259 g/mol. The molecule has 19 heavy (non-hydrogen) atoms. The van der Waals surface area contributed by atoms with Gasteiger partial charge in [-0.1, -0.05) is 12.1 Å². The van der Waals surface area contributed by atoms with Gasteiger partial charge in [-0.15, -0.1) is 0 Å². The SMILES string of the molecule is CCOC(=O)c1cc(C)nn1-c1ccc(CN)cc1. The van der Waals surface area contributed by atoms with Gasteiger partial charge in [-0.25, -0.2) is 9.48 Å². The van der Waals surface area contributed by atoms with Crippen LogP contribution in [0.4, 0.5) is 0 Å². The van der Waals surface area contributed by atoms with Crippen molar-refractivity contribution in [3.63, 3.8) is 0 Å². The van der Waals surface area contributed by atoms with Gasteiger partial charge in [0.15, 0.2) is 5.69 Å². The van der Waals surface area contributed by atoms with Gasteiger partial charge in [-0.3, -0.25) is 0 Å². The van der Waals surface area contributed by atoms with Crippen molar-refractivity contribution >= 4 is 5.97 Å². The van der Waals surface area contributed by atoms with Gasteiger partial charge in [0.25, 0.3) is 0 Å². The van der Waals surface area contributed by atoms with Gasteiger partial charge in [0.2, 0.25) is 0 Å². The van der Waals surface area contributed by atoms with Crippen LogP contribution in [0.1, 0.15) is 28.7 Å². The first-order chi connectivity index (χ1) is 9.15. The van der Waals surface area contributed by atoms with Crippen LogP contribution in [0.2, 0.25) is 0 Å². The number of carbonyl (C=O) groups is 1. The Labute approximate surface area is 112 Å². The molecule has 0 aliphatic heterocycles. The van der Waals surface area contributed by atoms with Crippen LogP contribution in [0.25, 0.3) is 5.69 Å². The Hall–Kier alpha value is -2.14. The van der Waals surface area contributed by atoms with Crippen molar-refractivity contribution in [2.75, 3.05) is 6.61 Å². The summed E-state index contributed by atoms with van der Waals surface area (Å²) in [6.45, 7) is 4.45. The number of aryl methyl sites for hydroxylation is 1. The second kappa shape index (κ2) is 5.67. The van der Waals surface area contributed by atoms with Crippen molar-refractivity contribution < 1.29 is 9.53 Å². The predicted octanol–water partition coefficient (Wildman–Crippen LogP) is 1.82. The Balaban J connectivity index is 2.40. The normalized spacial score (nSPS) is 10.5. The highest BCUT2D eigenvalue weighted by Crippen LogP contribution is 2.14. The highest BCUT2D eigenvalue weighted by Gasteiger charge is 2.16. The van der Waals surface area contributed by atoms with E-state index in [-0.39, 0.29) is 5.97 Å². The van der Waals surface area contributed by atoms with E-state index in [9.17, 15) is 4.79 Å². The molecule has 2 N–H and O–H groups in total. The molecule has 0 fully saturated rings. The van der Waals surface area contributed by atoms with E-state index >= 15 is 0 Å². The molecule has 5 heteroatoms. The van der Waals surface area contributed by atoms with E-state index in [4.69, 9.17) is 10.5 Å². The lowest BCUT2D eigenvalue weighted by Crippen LogP contribution is -2.12. The van der Waals surface area contributed by atoms with Crippen molar-refractivity contribution in [1.82, 2.24) is 9.78 Å². The molecule has 0 aliphatic carbocycles. The third-order valence-corrected chi connectivity index (χ3v) is 2.73. The fourth-order valence-electron chi connectivity index (χ4n) is 1.82. The van der Waals surface area contributed by atoms with Crippen molar-refractivity contribution in [3.05, 3.63) is 47.3 Å². The zero-order valence-corrected chi connectivity index (χ0v) is 11.1. The molecule has 0 saturated heterocycles. The lowest BCUT2D eigenvalue weighted by atomic mass is 10.2. The maximum Gasteiger partial charge on any atom is 0.357 e. The van der Waals surface area contributed by atoms with E-state index in [2.05, 4.69) is 5.10 Å². The summed E-state index contributed by atoms with van der Waals surface area (Å²) in [5.41, 5.74) is 8.61. The van der Waals surface area contributed by atoms with Crippen LogP contribution in [-0.2, 0) is 11.3 Å². The first kappa shape index (κ1) is 13.3. The fraction of sp³-hybridized carbons (Fsp3) is 0.286. The van der Waals surface area contributed by atoms with Crippen molar-refractivity contribution in [2.45, 2.75) is 20.4 Å². The highest BCUT2D eigenvalue weighted by atomic mass is 16.5. The van der Waals surface area contributed by atoms with Crippen LogP contribution in [0, 0.1) is 6.92 Å². The molecule has 2 aromatic rings. The molecule has 1 heterocycles. The number of ether oxygens (including phenoxy) is 1. The molecular weight excluding hydrogens is 242 g/mol. The van der Waals surface area contributed by atoms with Crippen LogP contribution in [0.15, 0.2) is 30.3 Å². The fourth-order valence-corrected chi connectivity index (χ4v) is 1.82. The summed E-state index contributed by atoms with van der Waals surface area (Å²) < 4.78 is 6.62. The number of rotatable bonds is 4. The van der Waals surface area contributed by atoms with Crippen molar-refractivity contribution in [1.29, 1.82) is 0 Å². The number of carbonyl (C=O) groups excluding carboxylic acids is 1. The molecule has 0 saturated carbocycles. The first-order valence-corrected chi connectivity index (χ1v) is 6.19. The smallest absolute Gasteiger partial charge is 0.357 e. The Morgan fingerprint density at radius 3 is 2.63 bits per heavy atom. The second-order valence-corrected chi connectivity index (χ2v) is 4.17. The standard InChI is InChI=1S/C14H17N3O2/c1-3-19-14(18)13-8-10(2)16-17(13)12-6-4-11(9-15)5-7-12/h4-8H,3,9,15H2,1-2H3. The molecule has 100 valence electrons. The minimum Gasteiger partial charge on any atom is -0.461 e. The minimum atomic E-state index is -0.369. The molecular formula is C14H17N3O2. The third-order valence-electron chi connectivity index (χ3n) is 2.73. The molecule has 1 aromatic heterocycles. The molecule has 5 nitrogen and oxygen atoms in total. The predicted molar refractivity (Wildman–Crippen MR) is 72.1 cm³/mol. The van der Waals surface area contributed by atoms with Crippen LogP contribution in [0.3, 0.4) is 0 Å². The van der Waals surface area contributed by atoms with E-state index < -0.39 is 0 Å². The summed E-state index contributed by atoms with van der Waals surface area (Å²) in [5.74, 6) is -0.369. The average Bonchev–Trinajstić information content (AvgIpc) is 2.81. The van der Waals surface area contributed by atoms with Crippen LogP contribution in [0.5, 0.6) is 0 Å². The number of hydrogen-bond acceptors (Lipinski definition) is 4. The van der Waals surface area contributed by atoms with Gasteiger partial charge >= 0.3 is 5.97 Å². The molecule has 0 aliphatic rings. The lowest BCUT2D eigenvalue weighted by Gasteiger charge is -2.07. The Bertz CT molecular complexity index is 573. The van der Waals surface area contributed by atoms with Crippen molar-refractivity contribution in [3.8, 4) is 5.69 Å². The molecule has 1 aromatic carbocycles. The number of nitrogens with zero attached hydrogens (tertiary/aromatic N) is 2. The number of benzene rings is 1. The number of aromatic nitrogens is 2. The molecule has 0 spiro atoms. The van der Waals surface area contributed by atoms with Crippen LogP contribution in [-0.4, -0.2) is 22.4 Å². The van der Waals surface area contributed by atoms with Crippen LogP contribution >= 0.6 is 0 Å². The Morgan fingerprint density at radius 1 is 1.37 bits per heavy atom. The topological polar surface area (TPSA) is 70.1 Å². The lowest BCUT2D eigenvalue weighted by molar-refractivity contribution is 0.0515. The van der Waals surface area contributed by atoms with Gasteiger partial charge in [0.1, 0.15) is 0 Å². The summed E-state index contributed by atoms with van der Waals surface area (Å²) in [7, 11) is 0. The summed E-state index contributed by atoms with van der Waals surface area (Å²) in [5, 5.41) is 4.32. The minimum absolute atomic E-state index is 0.342. The first-order valence-electron chi connectivity index (χ1n) is 6.19. The summed E-state index contributed by atoms with van der Waals surface area (Å²) in [6, 6.07) is 9.33. The third kappa shape index (κ3) is 2.82. The molecule has 0 unspecified atom stereocenters. The number of nitrogens with two attached hydrogens (primary N) is 1. The van der Waals surface area contributed by atoms with Gasteiger partial charge in [0, 0.05) is 6.54 Å². The number of hydrogen-bond donors (Lipinski definition) is 1. The molecule has 0 amide bonds. The quantitative estimate of drug-likeness (QED) is 0.850. The maximum atomic E-state index is 11.9. The van der Waals surface area contributed by atoms with Crippen molar-refractivity contribution in [2.24, 2.45) is 5.73 Å². The average molecular weight is 259 g/mol. The van der Waals surface area contributed by atoms with E-state index in [1.54, 1.807) is 17.7 Å². The zero-order chi connectivity index (χ0) is 13.8. The van der Waals surface area contributed by atoms with Gasteiger partial charge in [-0.05, 0) is 37.6 Å². The second-order valence-electron chi connectivity index (χ2n) is 4.17. The van der Waals surface area contributed by atoms with Gasteiger partial charge < -0.3 is 10.5 Å². The summed E-state index contributed by atoms with van der Waals surface area (Å²) in [6.07, 6.45) is 0. The maximum absolute atomic E-state index is 11.9. The highest BCUT2D eigenvalue weighted by molar-refractivity contribution is 5.88. The van der Waals surface area contributed by atoms with E-state index in [0.29, 0.717) is 18.8 Å². The Kier molecular flexibility index (Phi) is 3.97. The van der Waals surface area contributed by atoms with E-state index in [1.807, 2.05) is 31.2 Å². The Morgan fingerprint density at radius 2 is 2.05 bits per heavy atom. The van der Waals surface area contributed by atoms with E-state index in [0.717, 1.165) is 16.9 Å². The molecule has 0 radical (unpaired) electrons. The summed E-state index contributed by atoms with van der Waals surface area (Å²) >= 11 is 0. The number of esters is 1. The van der Waals surface area contributed by atoms with Crippen LogP contribution < -0.4 is 5.73 Å². The van der Waals surface area contributed by atoms with Gasteiger partial charge in [0.05, 0.1) is 18.0 Å². The molecule has 2 rings (SSSR count).